The minimum absolute atomic E-state index is 0.133. The van der Waals surface area contributed by atoms with E-state index in [0.717, 1.165) is 0 Å². The predicted octanol–water partition coefficient (Wildman–Crippen LogP) is 3.66. The van der Waals surface area contributed by atoms with Crippen molar-refractivity contribution in [3.63, 3.8) is 0 Å². The number of carbonyl (C=O) groups is 1. The Labute approximate surface area is 149 Å². The Bertz CT molecular complexity index is 883. The molecule has 7 heteroatoms. The van der Waals surface area contributed by atoms with Crippen molar-refractivity contribution in [1.82, 2.24) is 9.97 Å². The van der Waals surface area contributed by atoms with Crippen LogP contribution in [-0.2, 0) is 6.42 Å². The van der Waals surface area contributed by atoms with Gasteiger partial charge in [0.05, 0.1) is 12.4 Å². The molecule has 0 aliphatic rings. The lowest BCUT2D eigenvalue weighted by Crippen LogP contribution is -2.15. The molecule has 0 radical (unpaired) electrons. The molecule has 5 nitrogen and oxygen atoms in total. The molecule has 1 heterocycles. The lowest BCUT2D eigenvalue weighted by molar-refractivity contribution is 0.102. The van der Waals surface area contributed by atoms with Crippen molar-refractivity contribution in [2.45, 2.75) is 6.42 Å². The van der Waals surface area contributed by atoms with Gasteiger partial charge in [0, 0.05) is 12.2 Å². The molecule has 1 amide bonds. The van der Waals surface area contributed by atoms with E-state index in [0.29, 0.717) is 30.0 Å². The van der Waals surface area contributed by atoms with Gasteiger partial charge in [-0.3, -0.25) is 4.79 Å². The molecule has 2 aromatic carbocycles. The molecule has 0 unspecified atom stereocenters. The van der Waals surface area contributed by atoms with E-state index in [2.05, 4.69) is 20.6 Å². The zero-order valence-electron chi connectivity index (χ0n) is 13.7. The number of rotatable bonds is 6. The number of anilines is 2. The summed E-state index contributed by atoms with van der Waals surface area (Å²) < 4.78 is 26.4. The van der Waals surface area contributed by atoms with Crippen LogP contribution in [0.1, 0.15) is 16.1 Å². The fourth-order valence-electron chi connectivity index (χ4n) is 2.29. The Balaban J connectivity index is 1.53. The minimum Gasteiger partial charge on any atom is -0.368 e. The molecule has 3 aromatic rings. The Kier molecular flexibility index (Phi) is 5.48. The van der Waals surface area contributed by atoms with Crippen molar-refractivity contribution < 1.29 is 13.6 Å². The molecule has 0 atom stereocenters. The van der Waals surface area contributed by atoms with E-state index >= 15 is 0 Å². The van der Waals surface area contributed by atoms with Crippen LogP contribution in [0.4, 0.5) is 20.3 Å². The minimum atomic E-state index is -0.443. The molecule has 1 aromatic heterocycles. The first-order valence-corrected chi connectivity index (χ1v) is 7.98. The highest BCUT2D eigenvalue weighted by Crippen LogP contribution is 2.11. The van der Waals surface area contributed by atoms with Gasteiger partial charge >= 0.3 is 0 Å². The lowest BCUT2D eigenvalue weighted by atomic mass is 10.1. The first kappa shape index (κ1) is 17.5. The third kappa shape index (κ3) is 4.60. The summed E-state index contributed by atoms with van der Waals surface area (Å²) in [5, 5.41) is 5.63. The van der Waals surface area contributed by atoms with E-state index in [1.165, 1.54) is 42.7 Å². The number of benzene rings is 2. The van der Waals surface area contributed by atoms with Crippen molar-refractivity contribution in [2.24, 2.45) is 0 Å². The number of halogens is 2. The number of nitrogens with zero attached hydrogens (tertiary/aromatic N) is 2. The van der Waals surface area contributed by atoms with Gasteiger partial charge in [-0.05, 0) is 42.3 Å². The predicted molar refractivity (Wildman–Crippen MR) is 95.0 cm³/mol. The van der Waals surface area contributed by atoms with Gasteiger partial charge in [0.25, 0.3) is 5.91 Å². The normalized spacial score (nSPS) is 10.4. The molecule has 0 bridgehead atoms. The molecule has 132 valence electrons. The summed E-state index contributed by atoms with van der Waals surface area (Å²) in [6.45, 7) is 0.483. The van der Waals surface area contributed by atoms with E-state index in [1.807, 2.05) is 0 Å². The molecule has 0 fully saturated rings. The number of amides is 1. The molecule has 0 saturated carbocycles. The molecular weight excluding hydrogens is 338 g/mol. The topological polar surface area (TPSA) is 66.9 Å². The first-order valence-electron chi connectivity index (χ1n) is 7.98. The van der Waals surface area contributed by atoms with Crippen molar-refractivity contribution in [2.75, 3.05) is 17.2 Å². The van der Waals surface area contributed by atoms with Gasteiger partial charge in [-0.25, -0.2) is 18.7 Å². The summed E-state index contributed by atoms with van der Waals surface area (Å²) in [7, 11) is 0. The largest absolute Gasteiger partial charge is 0.368 e. The van der Waals surface area contributed by atoms with Crippen LogP contribution >= 0.6 is 0 Å². The number of hydrogen-bond acceptors (Lipinski definition) is 4. The molecule has 0 aliphatic carbocycles. The van der Waals surface area contributed by atoms with Crippen LogP contribution in [0.3, 0.4) is 0 Å². The molecule has 3 rings (SSSR count). The molecule has 0 aliphatic heterocycles. The van der Waals surface area contributed by atoms with Gasteiger partial charge in [0.15, 0.2) is 0 Å². The summed E-state index contributed by atoms with van der Waals surface area (Å²) in [6, 6.07) is 12.0. The highest BCUT2D eigenvalue weighted by atomic mass is 19.1. The SMILES string of the molecule is O=C(Nc1ccc(F)cc1)c1cnc(NCCc2ccccc2F)cn1. The Hall–Kier alpha value is -3.35. The summed E-state index contributed by atoms with van der Waals surface area (Å²) in [5.41, 5.74) is 1.21. The van der Waals surface area contributed by atoms with Gasteiger partial charge < -0.3 is 10.6 Å². The van der Waals surface area contributed by atoms with Crippen LogP contribution in [0.5, 0.6) is 0 Å². The number of nitrogens with one attached hydrogen (secondary N) is 2. The zero-order valence-corrected chi connectivity index (χ0v) is 13.7. The molecule has 26 heavy (non-hydrogen) atoms. The first-order chi connectivity index (χ1) is 12.6. The smallest absolute Gasteiger partial charge is 0.275 e. The fraction of sp³-hybridized carbons (Fsp3) is 0.105. The maximum Gasteiger partial charge on any atom is 0.275 e. The molecule has 0 spiro atoms. The van der Waals surface area contributed by atoms with Crippen LogP contribution < -0.4 is 10.6 Å². The Morgan fingerprint density at radius 2 is 1.73 bits per heavy atom. The zero-order chi connectivity index (χ0) is 18.4. The van der Waals surface area contributed by atoms with Crippen molar-refractivity contribution >= 4 is 17.4 Å². The number of carbonyl (C=O) groups excluding carboxylic acids is 1. The van der Waals surface area contributed by atoms with Crippen LogP contribution in [0, 0.1) is 11.6 Å². The monoisotopic (exact) mass is 354 g/mol. The average molecular weight is 354 g/mol. The number of hydrogen-bond donors (Lipinski definition) is 2. The van der Waals surface area contributed by atoms with E-state index in [4.69, 9.17) is 0 Å². The van der Waals surface area contributed by atoms with E-state index in [1.54, 1.807) is 18.2 Å². The summed E-state index contributed by atoms with van der Waals surface area (Å²) in [6.07, 6.45) is 3.27. The number of aromatic nitrogens is 2. The molecule has 2 N–H and O–H groups in total. The van der Waals surface area contributed by atoms with Crippen LogP contribution in [0.25, 0.3) is 0 Å². The van der Waals surface area contributed by atoms with Crippen molar-refractivity contribution in [3.05, 3.63) is 83.8 Å². The van der Waals surface area contributed by atoms with Crippen LogP contribution in [-0.4, -0.2) is 22.4 Å². The van der Waals surface area contributed by atoms with Gasteiger partial charge in [-0.1, -0.05) is 18.2 Å². The van der Waals surface area contributed by atoms with E-state index in [-0.39, 0.29) is 17.3 Å². The van der Waals surface area contributed by atoms with Crippen LogP contribution in [0.15, 0.2) is 60.9 Å². The summed E-state index contributed by atoms with van der Waals surface area (Å²) in [4.78, 5) is 20.2. The van der Waals surface area contributed by atoms with E-state index < -0.39 is 5.91 Å². The quantitative estimate of drug-likeness (QED) is 0.709. The van der Waals surface area contributed by atoms with Gasteiger partial charge in [0.1, 0.15) is 23.1 Å². The van der Waals surface area contributed by atoms with Crippen LogP contribution in [0.2, 0.25) is 0 Å². The Morgan fingerprint density at radius 3 is 2.42 bits per heavy atom. The third-order valence-corrected chi connectivity index (χ3v) is 3.64. The third-order valence-electron chi connectivity index (χ3n) is 3.64. The van der Waals surface area contributed by atoms with Crippen molar-refractivity contribution in [3.8, 4) is 0 Å². The standard InChI is InChI=1S/C19H16F2N4O/c20-14-5-7-15(8-6-14)25-19(26)17-11-24-18(12-23-17)22-10-9-13-3-1-2-4-16(13)21/h1-8,11-12H,9-10H2,(H,22,24)(H,25,26). The maximum atomic E-state index is 13.5. The highest BCUT2D eigenvalue weighted by molar-refractivity contribution is 6.02. The fourth-order valence-corrected chi connectivity index (χ4v) is 2.29. The van der Waals surface area contributed by atoms with Gasteiger partial charge in [0.2, 0.25) is 0 Å². The van der Waals surface area contributed by atoms with Gasteiger partial charge in [-0.2, -0.15) is 0 Å². The second-order valence-corrected chi connectivity index (χ2v) is 5.52. The van der Waals surface area contributed by atoms with E-state index in [9.17, 15) is 13.6 Å². The highest BCUT2D eigenvalue weighted by Gasteiger charge is 2.09. The van der Waals surface area contributed by atoms with Gasteiger partial charge in [-0.15, -0.1) is 0 Å². The molecule has 0 saturated heterocycles. The second-order valence-electron chi connectivity index (χ2n) is 5.52. The summed E-state index contributed by atoms with van der Waals surface area (Å²) in [5.74, 6) is -0.580. The second kappa shape index (κ2) is 8.15. The van der Waals surface area contributed by atoms with Crippen molar-refractivity contribution in [1.29, 1.82) is 0 Å². The Morgan fingerprint density at radius 1 is 0.962 bits per heavy atom. The molecular formula is C19H16F2N4O. The lowest BCUT2D eigenvalue weighted by Gasteiger charge is -2.07. The maximum absolute atomic E-state index is 13.5. The average Bonchev–Trinajstić information content (AvgIpc) is 2.66. The summed E-state index contributed by atoms with van der Waals surface area (Å²) >= 11 is 0.